The highest BCUT2D eigenvalue weighted by atomic mass is 16.2. The fourth-order valence-electron chi connectivity index (χ4n) is 6.75. The second-order valence-corrected chi connectivity index (χ2v) is 11.5. The van der Waals surface area contributed by atoms with Gasteiger partial charge in [-0.25, -0.2) is 0 Å². The maximum atomic E-state index is 13.3. The number of piperidine rings is 1. The predicted molar refractivity (Wildman–Crippen MR) is 136 cm³/mol. The van der Waals surface area contributed by atoms with Crippen LogP contribution in [0.4, 0.5) is 0 Å². The molecule has 1 amide bonds. The van der Waals surface area contributed by atoms with Crippen molar-refractivity contribution in [3.05, 3.63) is 65.5 Å². The van der Waals surface area contributed by atoms with Gasteiger partial charge in [0.2, 0.25) is 0 Å². The number of fused-ring (bicyclic) bond motifs is 1. The second-order valence-electron chi connectivity index (χ2n) is 11.5. The van der Waals surface area contributed by atoms with Crippen LogP contribution in [0, 0.1) is 23.2 Å². The van der Waals surface area contributed by atoms with Gasteiger partial charge in [-0.05, 0) is 80.0 Å². The van der Waals surface area contributed by atoms with Crippen LogP contribution in [0.3, 0.4) is 0 Å². The summed E-state index contributed by atoms with van der Waals surface area (Å²) in [5.74, 6) is 2.21. The Bertz CT molecular complexity index is 1030. The number of benzene rings is 1. The molecule has 3 atom stereocenters. The molecular formula is C29H40N4O. The van der Waals surface area contributed by atoms with Crippen LogP contribution < -0.4 is 0 Å². The molecule has 5 heteroatoms. The third-order valence-electron chi connectivity index (χ3n) is 9.20. The van der Waals surface area contributed by atoms with Crippen molar-refractivity contribution in [3.8, 4) is 0 Å². The van der Waals surface area contributed by atoms with Crippen molar-refractivity contribution in [2.45, 2.75) is 52.0 Å². The summed E-state index contributed by atoms with van der Waals surface area (Å²) in [6.07, 6.45) is 10.2. The van der Waals surface area contributed by atoms with E-state index in [1.165, 1.54) is 18.4 Å². The maximum absolute atomic E-state index is 13.3. The minimum absolute atomic E-state index is 0.0260. The third-order valence-corrected chi connectivity index (χ3v) is 9.20. The van der Waals surface area contributed by atoms with Crippen molar-refractivity contribution in [1.82, 2.24) is 19.6 Å². The summed E-state index contributed by atoms with van der Waals surface area (Å²) in [5.41, 5.74) is 4.02. The van der Waals surface area contributed by atoms with E-state index < -0.39 is 0 Å². The van der Waals surface area contributed by atoms with Gasteiger partial charge in [-0.1, -0.05) is 55.8 Å². The molecule has 34 heavy (non-hydrogen) atoms. The predicted octanol–water partition coefficient (Wildman–Crippen LogP) is 4.81. The number of rotatable bonds is 7. The number of carbonyl (C=O) groups is 1. The number of allylic oxidation sites excluding steroid dienone is 1. The first-order valence-electron chi connectivity index (χ1n) is 13.0. The average molecular weight is 461 g/mol. The fourth-order valence-corrected chi connectivity index (χ4v) is 6.75. The highest BCUT2D eigenvalue weighted by molar-refractivity contribution is 5.92. The van der Waals surface area contributed by atoms with Crippen LogP contribution in [-0.2, 0) is 13.5 Å². The quantitative estimate of drug-likeness (QED) is 0.557. The lowest BCUT2D eigenvalue weighted by atomic mass is 9.49. The van der Waals surface area contributed by atoms with Gasteiger partial charge in [-0.15, -0.1) is 0 Å². The summed E-state index contributed by atoms with van der Waals surface area (Å²) in [5, 5.41) is 4.38. The number of nitrogens with zero attached hydrogens (tertiary/aromatic N) is 4. The Hall–Kier alpha value is -2.40. The minimum atomic E-state index is 0.0260. The van der Waals surface area contributed by atoms with Crippen molar-refractivity contribution in [1.29, 1.82) is 0 Å². The molecule has 0 unspecified atom stereocenters. The van der Waals surface area contributed by atoms with E-state index >= 15 is 0 Å². The molecule has 4 aliphatic rings. The molecular weight excluding hydrogens is 420 g/mol. The zero-order valence-corrected chi connectivity index (χ0v) is 21.3. The number of amides is 1. The van der Waals surface area contributed by atoms with Crippen LogP contribution in [-0.4, -0.2) is 58.2 Å². The number of likely N-dealkylation sites (tertiary alicyclic amines) is 1. The van der Waals surface area contributed by atoms with E-state index in [2.05, 4.69) is 60.3 Å². The molecule has 1 aliphatic heterocycles. The van der Waals surface area contributed by atoms with E-state index in [0.29, 0.717) is 17.0 Å². The molecule has 182 valence electrons. The Morgan fingerprint density at radius 2 is 1.91 bits per heavy atom. The molecule has 0 radical (unpaired) electrons. The highest BCUT2D eigenvalue weighted by Gasteiger charge is 2.51. The number of carbonyl (C=O) groups excluding carboxylic acids is 1. The SMILES string of the molecule is CN(C(=O)c1ccn(C)n1)[C@H](Cc1ccccc1)C1CCN(CC2=CC[C@H]3C[C@@H]2C3(C)C)CC1. The van der Waals surface area contributed by atoms with Crippen molar-refractivity contribution in [2.24, 2.45) is 30.2 Å². The lowest BCUT2D eigenvalue weighted by Gasteiger charge is -2.57. The van der Waals surface area contributed by atoms with Crippen LogP contribution in [0.2, 0.25) is 0 Å². The second kappa shape index (κ2) is 9.33. The molecule has 6 rings (SSSR count). The normalized spacial score (nSPS) is 25.4. The van der Waals surface area contributed by atoms with Gasteiger partial charge in [0.15, 0.2) is 0 Å². The van der Waals surface area contributed by atoms with E-state index in [-0.39, 0.29) is 11.9 Å². The molecule has 2 bridgehead atoms. The van der Waals surface area contributed by atoms with Gasteiger partial charge >= 0.3 is 0 Å². The fraction of sp³-hybridized carbons (Fsp3) is 0.586. The van der Waals surface area contributed by atoms with Gasteiger partial charge in [-0.3, -0.25) is 14.4 Å². The summed E-state index contributed by atoms with van der Waals surface area (Å²) >= 11 is 0. The van der Waals surface area contributed by atoms with Crippen LogP contribution in [0.25, 0.3) is 0 Å². The van der Waals surface area contributed by atoms with E-state index in [0.717, 1.165) is 50.7 Å². The lowest BCUT2D eigenvalue weighted by Crippen LogP contribution is -2.51. The average Bonchev–Trinajstić information content (AvgIpc) is 3.29. The molecule has 1 aromatic carbocycles. The van der Waals surface area contributed by atoms with Gasteiger partial charge in [0, 0.05) is 32.9 Å². The molecule has 1 aromatic heterocycles. The van der Waals surface area contributed by atoms with E-state index in [9.17, 15) is 4.79 Å². The molecule has 2 heterocycles. The maximum Gasteiger partial charge on any atom is 0.274 e. The van der Waals surface area contributed by atoms with E-state index in [1.54, 1.807) is 10.3 Å². The Morgan fingerprint density at radius 1 is 1.18 bits per heavy atom. The largest absolute Gasteiger partial charge is 0.337 e. The number of aryl methyl sites for hydroxylation is 1. The first-order chi connectivity index (χ1) is 16.3. The number of hydrogen-bond donors (Lipinski definition) is 0. The van der Waals surface area contributed by atoms with Gasteiger partial charge in [0.1, 0.15) is 5.69 Å². The Kier molecular flexibility index (Phi) is 6.41. The molecule has 1 saturated carbocycles. The van der Waals surface area contributed by atoms with Gasteiger partial charge in [0.05, 0.1) is 0 Å². The van der Waals surface area contributed by atoms with Crippen LogP contribution in [0.15, 0.2) is 54.2 Å². The van der Waals surface area contributed by atoms with Crippen LogP contribution in [0.5, 0.6) is 0 Å². The van der Waals surface area contributed by atoms with Crippen LogP contribution >= 0.6 is 0 Å². The lowest BCUT2D eigenvalue weighted by molar-refractivity contribution is -0.0120. The summed E-state index contributed by atoms with van der Waals surface area (Å²) in [4.78, 5) is 17.9. The summed E-state index contributed by atoms with van der Waals surface area (Å²) in [7, 11) is 3.83. The Morgan fingerprint density at radius 3 is 2.53 bits per heavy atom. The number of hydrogen-bond acceptors (Lipinski definition) is 3. The smallest absolute Gasteiger partial charge is 0.274 e. The van der Waals surface area contributed by atoms with Crippen molar-refractivity contribution in [3.63, 3.8) is 0 Å². The minimum Gasteiger partial charge on any atom is -0.337 e. The van der Waals surface area contributed by atoms with Crippen molar-refractivity contribution >= 4 is 5.91 Å². The van der Waals surface area contributed by atoms with Crippen molar-refractivity contribution in [2.75, 3.05) is 26.7 Å². The van der Waals surface area contributed by atoms with E-state index in [4.69, 9.17) is 0 Å². The molecule has 3 aliphatic carbocycles. The summed E-state index contributed by atoms with van der Waals surface area (Å²) < 4.78 is 1.71. The van der Waals surface area contributed by atoms with E-state index in [1.807, 2.05) is 31.3 Å². The van der Waals surface area contributed by atoms with Gasteiger partial charge < -0.3 is 4.90 Å². The van der Waals surface area contributed by atoms with Gasteiger partial charge in [0.25, 0.3) is 5.91 Å². The molecule has 2 fully saturated rings. The Balaban J connectivity index is 1.25. The summed E-state index contributed by atoms with van der Waals surface area (Å²) in [6.45, 7) is 8.31. The molecule has 1 saturated heterocycles. The summed E-state index contributed by atoms with van der Waals surface area (Å²) in [6, 6.07) is 12.6. The molecule has 0 spiro atoms. The zero-order valence-electron chi connectivity index (χ0n) is 21.3. The van der Waals surface area contributed by atoms with Crippen molar-refractivity contribution < 1.29 is 4.79 Å². The molecule has 5 nitrogen and oxygen atoms in total. The zero-order chi connectivity index (χ0) is 23.9. The standard InChI is InChI=1S/C29H40N4O/c1-29(2)24-11-10-23(25(29)19-24)20-33-16-12-22(13-17-33)27(18-21-8-6-5-7-9-21)32(4)28(34)26-14-15-31(3)30-26/h5-10,14-15,22,24-25,27H,11-13,16-20H2,1-4H3/t24-,25-,27+/m0/s1. The van der Waals surface area contributed by atoms with Gasteiger partial charge in [-0.2, -0.15) is 5.10 Å². The molecule has 2 aromatic rings. The first-order valence-corrected chi connectivity index (χ1v) is 13.0. The number of aromatic nitrogens is 2. The third kappa shape index (κ3) is 4.47. The highest BCUT2D eigenvalue weighted by Crippen LogP contribution is 2.59. The molecule has 0 N–H and O–H groups in total. The van der Waals surface area contributed by atoms with Crippen LogP contribution in [0.1, 0.15) is 55.6 Å². The number of likely N-dealkylation sites (N-methyl/N-ethyl adjacent to an activating group) is 1. The topological polar surface area (TPSA) is 41.4 Å². The Labute approximate surface area is 204 Å². The first kappa shape index (κ1) is 23.3. The monoisotopic (exact) mass is 460 g/mol.